The minimum atomic E-state index is -0.348. The molecule has 0 N–H and O–H groups in total. The van der Waals surface area contributed by atoms with Crippen molar-refractivity contribution in [2.24, 2.45) is 0 Å². The quantitative estimate of drug-likeness (QED) is 0.351. The van der Waals surface area contributed by atoms with E-state index >= 15 is 0 Å². The SMILES string of the molecule is CCN(CC)C(=O)c1ccc(N(c2cccc(C(=O)OC)c2)C2CCN(Cc3ccccc3)CC2)cc1. The van der Waals surface area contributed by atoms with Gasteiger partial charge in [-0.3, -0.25) is 9.69 Å². The lowest BCUT2D eigenvalue weighted by molar-refractivity contribution is 0.0600. The first-order valence-electron chi connectivity index (χ1n) is 13.2. The van der Waals surface area contributed by atoms with Gasteiger partial charge in [0.15, 0.2) is 0 Å². The van der Waals surface area contributed by atoms with Crippen LogP contribution in [0.15, 0.2) is 78.9 Å². The number of carbonyl (C=O) groups is 2. The second kappa shape index (κ2) is 12.5. The van der Waals surface area contributed by atoms with E-state index in [0.29, 0.717) is 24.2 Å². The minimum Gasteiger partial charge on any atom is -0.465 e. The van der Waals surface area contributed by atoms with Crippen LogP contribution in [0.2, 0.25) is 0 Å². The van der Waals surface area contributed by atoms with E-state index in [1.54, 1.807) is 6.07 Å². The third kappa shape index (κ3) is 6.38. The molecule has 1 amide bonds. The summed E-state index contributed by atoms with van der Waals surface area (Å²) < 4.78 is 4.97. The average Bonchev–Trinajstić information content (AvgIpc) is 2.95. The summed E-state index contributed by atoms with van der Waals surface area (Å²) in [5.74, 6) is -0.301. The molecule has 3 aromatic rings. The molecule has 37 heavy (non-hydrogen) atoms. The van der Waals surface area contributed by atoms with E-state index in [4.69, 9.17) is 4.74 Å². The maximum Gasteiger partial charge on any atom is 0.337 e. The molecule has 0 spiro atoms. The van der Waals surface area contributed by atoms with E-state index in [2.05, 4.69) is 40.1 Å². The third-order valence-corrected chi connectivity index (χ3v) is 7.16. The van der Waals surface area contributed by atoms with Crippen molar-refractivity contribution in [3.63, 3.8) is 0 Å². The first kappa shape index (κ1) is 26.4. The molecule has 1 saturated heterocycles. The fraction of sp³-hybridized carbons (Fsp3) is 0.355. The fourth-order valence-corrected chi connectivity index (χ4v) is 5.11. The van der Waals surface area contributed by atoms with Gasteiger partial charge in [-0.25, -0.2) is 4.79 Å². The lowest BCUT2D eigenvalue weighted by Gasteiger charge is -2.40. The van der Waals surface area contributed by atoms with Crippen molar-refractivity contribution in [3.8, 4) is 0 Å². The zero-order chi connectivity index (χ0) is 26.2. The summed E-state index contributed by atoms with van der Waals surface area (Å²) in [5.41, 5.74) is 4.51. The highest BCUT2D eigenvalue weighted by molar-refractivity contribution is 5.95. The molecular formula is C31H37N3O3. The van der Waals surface area contributed by atoms with Crippen molar-refractivity contribution >= 4 is 23.3 Å². The maximum atomic E-state index is 12.9. The van der Waals surface area contributed by atoms with Gasteiger partial charge in [-0.05, 0) is 74.7 Å². The minimum absolute atomic E-state index is 0.0463. The molecule has 0 atom stereocenters. The molecular weight excluding hydrogens is 462 g/mol. The molecule has 1 aliphatic rings. The number of likely N-dealkylation sites (tertiary alicyclic amines) is 1. The number of anilines is 2. The summed E-state index contributed by atoms with van der Waals surface area (Å²) in [6.07, 6.45) is 1.99. The molecule has 0 bridgehead atoms. The number of ether oxygens (including phenoxy) is 1. The smallest absolute Gasteiger partial charge is 0.337 e. The molecule has 1 aliphatic heterocycles. The molecule has 0 aliphatic carbocycles. The molecule has 3 aromatic carbocycles. The van der Waals surface area contributed by atoms with Crippen LogP contribution in [-0.2, 0) is 11.3 Å². The van der Waals surface area contributed by atoms with Crippen molar-refractivity contribution in [2.45, 2.75) is 39.3 Å². The Kier molecular flexibility index (Phi) is 8.96. The highest BCUT2D eigenvalue weighted by Crippen LogP contribution is 2.33. The lowest BCUT2D eigenvalue weighted by atomic mass is 9.99. The molecule has 4 rings (SSSR count). The van der Waals surface area contributed by atoms with Gasteiger partial charge in [0.1, 0.15) is 0 Å². The van der Waals surface area contributed by atoms with Crippen LogP contribution in [0.5, 0.6) is 0 Å². The van der Waals surface area contributed by atoms with Gasteiger partial charge in [0.2, 0.25) is 0 Å². The van der Waals surface area contributed by atoms with Crippen LogP contribution < -0.4 is 4.90 Å². The first-order chi connectivity index (χ1) is 18.0. The number of esters is 1. The normalized spacial score (nSPS) is 14.2. The molecule has 6 heteroatoms. The molecule has 0 radical (unpaired) electrons. The third-order valence-electron chi connectivity index (χ3n) is 7.16. The fourth-order valence-electron chi connectivity index (χ4n) is 5.11. The van der Waals surface area contributed by atoms with Crippen LogP contribution in [0.1, 0.15) is 53.0 Å². The van der Waals surface area contributed by atoms with Gasteiger partial charge in [0.05, 0.1) is 12.7 Å². The summed E-state index contributed by atoms with van der Waals surface area (Å²) >= 11 is 0. The Hall–Kier alpha value is -3.64. The Labute approximate surface area is 220 Å². The van der Waals surface area contributed by atoms with Gasteiger partial charge < -0.3 is 14.5 Å². The Balaban J connectivity index is 1.59. The number of nitrogens with zero attached hydrogens (tertiary/aromatic N) is 3. The molecule has 1 heterocycles. The zero-order valence-electron chi connectivity index (χ0n) is 22.1. The van der Waals surface area contributed by atoms with E-state index < -0.39 is 0 Å². The van der Waals surface area contributed by atoms with Crippen LogP contribution in [0.4, 0.5) is 11.4 Å². The molecule has 0 unspecified atom stereocenters. The lowest BCUT2D eigenvalue weighted by Crippen LogP contribution is -2.43. The van der Waals surface area contributed by atoms with Crippen LogP contribution in [0, 0.1) is 0 Å². The molecule has 194 valence electrons. The number of hydrogen-bond acceptors (Lipinski definition) is 5. The number of methoxy groups -OCH3 is 1. The largest absolute Gasteiger partial charge is 0.465 e. The summed E-state index contributed by atoms with van der Waals surface area (Å²) in [5, 5.41) is 0. The maximum absolute atomic E-state index is 12.9. The van der Waals surface area contributed by atoms with E-state index in [1.807, 2.05) is 61.2 Å². The average molecular weight is 500 g/mol. The van der Waals surface area contributed by atoms with Gasteiger partial charge in [0, 0.05) is 55.7 Å². The van der Waals surface area contributed by atoms with E-state index in [1.165, 1.54) is 12.7 Å². The number of amides is 1. The Morgan fingerprint density at radius 2 is 1.51 bits per heavy atom. The van der Waals surface area contributed by atoms with Crippen LogP contribution >= 0.6 is 0 Å². The first-order valence-corrected chi connectivity index (χ1v) is 13.2. The summed E-state index contributed by atoms with van der Waals surface area (Å²) in [7, 11) is 1.40. The molecule has 0 saturated carbocycles. The van der Waals surface area contributed by atoms with E-state index in [0.717, 1.165) is 43.9 Å². The van der Waals surface area contributed by atoms with E-state index in [-0.39, 0.29) is 17.9 Å². The Morgan fingerprint density at radius 1 is 0.838 bits per heavy atom. The number of carbonyl (C=O) groups excluding carboxylic acids is 2. The number of rotatable bonds is 9. The summed E-state index contributed by atoms with van der Waals surface area (Å²) in [6, 6.07) is 26.4. The zero-order valence-corrected chi connectivity index (χ0v) is 22.1. The predicted molar refractivity (Wildman–Crippen MR) is 148 cm³/mol. The monoisotopic (exact) mass is 499 g/mol. The summed E-state index contributed by atoms with van der Waals surface area (Å²) in [6.45, 7) is 8.30. The second-order valence-corrected chi connectivity index (χ2v) is 9.43. The van der Waals surface area contributed by atoms with Crippen LogP contribution in [0.3, 0.4) is 0 Å². The number of piperidine rings is 1. The van der Waals surface area contributed by atoms with Gasteiger partial charge in [-0.1, -0.05) is 36.4 Å². The van der Waals surface area contributed by atoms with E-state index in [9.17, 15) is 9.59 Å². The predicted octanol–water partition coefficient (Wildman–Crippen LogP) is 5.76. The van der Waals surface area contributed by atoms with Gasteiger partial charge in [0.25, 0.3) is 5.91 Å². The number of hydrogen-bond donors (Lipinski definition) is 0. The van der Waals surface area contributed by atoms with Gasteiger partial charge in [-0.2, -0.15) is 0 Å². The van der Waals surface area contributed by atoms with Crippen LogP contribution in [0.25, 0.3) is 0 Å². The van der Waals surface area contributed by atoms with Crippen molar-refractivity contribution in [1.82, 2.24) is 9.80 Å². The van der Waals surface area contributed by atoms with Crippen molar-refractivity contribution < 1.29 is 14.3 Å². The standard InChI is InChI=1S/C31H37N3O3/c1-4-33(5-2)30(35)25-14-16-27(17-15-25)34(29-13-9-12-26(22-29)31(36)37-3)28-18-20-32(21-19-28)23-24-10-7-6-8-11-24/h6-17,22,28H,4-5,18-21,23H2,1-3H3. The molecule has 6 nitrogen and oxygen atoms in total. The van der Waals surface area contributed by atoms with Crippen molar-refractivity contribution in [3.05, 3.63) is 95.6 Å². The van der Waals surface area contributed by atoms with Crippen molar-refractivity contribution in [1.29, 1.82) is 0 Å². The van der Waals surface area contributed by atoms with Gasteiger partial charge >= 0.3 is 5.97 Å². The Bertz CT molecular complexity index is 1170. The molecule has 0 aromatic heterocycles. The van der Waals surface area contributed by atoms with Gasteiger partial charge in [-0.15, -0.1) is 0 Å². The van der Waals surface area contributed by atoms with Crippen molar-refractivity contribution in [2.75, 3.05) is 38.2 Å². The highest BCUT2D eigenvalue weighted by atomic mass is 16.5. The molecule has 1 fully saturated rings. The van der Waals surface area contributed by atoms with Crippen LogP contribution in [-0.4, -0.2) is 61.0 Å². The summed E-state index contributed by atoms with van der Waals surface area (Å²) in [4.78, 5) is 31.8. The number of benzene rings is 3. The second-order valence-electron chi connectivity index (χ2n) is 9.43. The highest BCUT2D eigenvalue weighted by Gasteiger charge is 2.27. The Morgan fingerprint density at radius 3 is 2.14 bits per heavy atom. The topological polar surface area (TPSA) is 53.1 Å².